The highest BCUT2D eigenvalue weighted by Crippen LogP contribution is 2.47. The molecule has 0 bridgehead atoms. The molecule has 1 saturated carbocycles. The van der Waals surface area contributed by atoms with Crippen molar-refractivity contribution in [2.45, 2.75) is 52.5 Å². The van der Waals surface area contributed by atoms with E-state index in [-0.39, 0.29) is 0 Å². The molecule has 2 aliphatic rings. The molecule has 20 heavy (non-hydrogen) atoms. The van der Waals surface area contributed by atoms with Gasteiger partial charge in [-0.1, -0.05) is 44.2 Å². The zero-order valence-electron chi connectivity index (χ0n) is 13.1. The van der Waals surface area contributed by atoms with Crippen LogP contribution in [0.5, 0.6) is 0 Å². The minimum Gasteiger partial charge on any atom is -0.299 e. The van der Waals surface area contributed by atoms with Gasteiger partial charge in [-0.3, -0.25) is 4.90 Å². The molecule has 0 amide bonds. The predicted molar refractivity (Wildman–Crippen MR) is 85.6 cm³/mol. The standard InChI is InChI=1S/C19H29N/c1-16(2)18-8-10-19(11-9-18)12-13-20(15-19)14-17-6-4-3-5-7-17/h3-7,16,18H,8-15H2,1-2H3. The van der Waals surface area contributed by atoms with E-state index >= 15 is 0 Å². The van der Waals surface area contributed by atoms with Gasteiger partial charge in [-0.05, 0) is 61.5 Å². The molecule has 1 nitrogen and oxygen atoms in total. The summed E-state index contributed by atoms with van der Waals surface area (Å²) in [5.74, 6) is 1.87. The Morgan fingerprint density at radius 3 is 2.45 bits per heavy atom. The van der Waals surface area contributed by atoms with Crippen LogP contribution in [0.4, 0.5) is 0 Å². The van der Waals surface area contributed by atoms with Crippen LogP contribution in [-0.2, 0) is 6.54 Å². The number of hydrogen-bond acceptors (Lipinski definition) is 1. The molecule has 0 N–H and O–H groups in total. The third-order valence-electron chi connectivity index (χ3n) is 5.80. The number of likely N-dealkylation sites (tertiary alicyclic amines) is 1. The van der Waals surface area contributed by atoms with E-state index in [1.807, 2.05) is 0 Å². The van der Waals surface area contributed by atoms with Gasteiger partial charge in [0.05, 0.1) is 0 Å². The van der Waals surface area contributed by atoms with Gasteiger partial charge in [-0.2, -0.15) is 0 Å². The van der Waals surface area contributed by atoms with Crippen LogP contribution in [-0.4, -0.2) is 18.0 Å². The van der Waals surface area contributed by atoms with E-state index in [1.54, 1.807) is 0 Å². The SMILES string of the molecule is CC(C)C1CCC2(CC1)CCN(Cc1ccccc1)C2. The van der Waals surface area contributed by atoms with Crippen LogP contribution >= 0.6 is 0 Å². The van der Waals surface area contributed by atoms with Crippen LogP contribution in [0.25, 0.3) is 0 Å². The summed E-state index contributed by atoms with van der Waals surface area (Å²) in [4.78, 5) is 2.69. The summed E-state index contributed by atoms with van der Waals surface area (Å²) in [7, 11) is 0. The molecule has 3 rings (SSSR count). The second-order valence-electron chi connectivity index (χ2n) is 7.53. The molecule has 1 aliphatic carbocycles. The maximum Gasteiger partial charge on any atom is 0.0233 e. The third-order valence-corrected chi connectivity index (χ3v) is 5.80. The zero-order chi connectivity index (χ0) is 14.0. The normalized spacial score (nSPS) is 31.2. The molecule has 1 spiro atoms. The fourth-order valence-electron chi connectivity index (χ4n) is 4.33. The fourth-order valence-corrected chi connectivity index (χ4v) is 4.33. The van der Waals surface area contributed by atoms with Crippen molar-refractivity contribution in [3.63, 3.8) is 0 Å². The number of nitrogens with zero attached hydrogens (tertiary/aromatic N) is 1. The van der Waals surface area contributed by atoms with Crippen LogP contribution < -0.4 is 0 Å². The molecule has 0 atom stereocenters. The van der Waals surface area contributed by atoms with Gasteiger partial charge in [0.2, 0.25) is 0 Å². The first kappa shape index (κ1) is 14.1. The van der Waals surface area contributed by atoms with Crippen molar-refractivity contribution < 1.29 is 0 Å². The van der Waals surface area contributed by atoms with E-state index in [2.05, 4.69) is 49.1 Å². The van der Waals surface area contributed by atoms with E-state index in [4.69, 9.17) is 0 Å². The number of benzene rings is 1. The Balaban J connectivity index is 1.55. The van der Waals surface area contributed by atoms with E-state index < -0.39 is 0 Å². The van der Waals surface area contributed by atoms with Gasteiger partial charge in [0.15, 0.2) is 0 Å². The second kappa shape index (κ2) is 5.89. The van der Waals surface area contributed by atoms with E-state index in [1.165, 1.54) is 50.8 Å². The number of hydrogen-bond donors (Lipinski definition) is 0. The van der Waals surface area contributed by atoms with Crippen molar-refractivity contribution in [3.8, 4) is 0 Å². The van der Waals surface area contributed by atoms with Gasteiger partial charge >= 0.3 is 0 Å². The molecule has 1 aromatic carbocycles. The molecule has 1 aromatic rings. The number of rotatable bonds is 3. The van der Waals surface area contributed by atoms with Gasteiger partial charge in [-0.25, -0.2) is 0 Å². The minimum absolute atomic E-state index is 0.667. The van der Waals surface area contributed by atoms with Gasteiger partial charge in [0.25, 0.3) is 0 Å². The van der Waals surface area contributed by atoms with Crippen LogP contribution in [0, 0.1) is 17.3 Å². The van der Waals surface area contributed by atoms with E-state index in [9.17, 15) is 0 Å². The van der Waals surface area contributed by atoms with Gasteiger partial charge in [0, 0.05) is 13.1 Å². The lowest BCUT2D eigenvalue weighted by Crippen LogP contribution is -2.32. The predicted octanol–water partition coefficient (Wildman–Crippen LogP) is 4.72. The fraction of sp³-hybridized carbons (Fsp3) is 0.684. The molecule has 1 heterocycles. The van der Waals surface area contributed by atoms with E-state index in [0.717, 1.165) is 18.4 Å². The topological polar surface area (TPSA) is 3.24 Å². The highest BCUT2D eigenvalue weighted by atomic mass is 15.2. The lowest BCUT2D eigenvalue weighted by Gasteiger charge is -2.38. The molecular formula is C19H29N. The summed E-state index contributed by atoms with van der Waals surface area (Å²) in [6.07, 6.45) is 7.32. The Bertz CT molecular complexity index is 415. The molecule has 2 fully saturated rings. The summed E-state index contributed by atoms with van der Waals surface area (Å²) in [6.45, 7) is 8.60. The van der Waals surface area contributed by atoms with Crippen molar-refractivity contribution in [1.29, 1.82) is 0 Å². The first-order valence-corrected chi connectivity index (χ1v) is 8.43. The molecule has 0 unspecified atom stereocenters. The summed E-state index contributed by atoms with van der Waals surface area (Å²) in [6, 6.07) is 11.0. The average Bonchev–Trinajstić information content (AvgIpc) is 2.83. The molecule has 110 valence electrons. The highest BCUT2D eigenvalue weighted by molar-refractivity contribution is 5.15. The lowest BCUT2D eigenvalue weighted by atomic mass is 9.67. The monoisotopic (exact) mass is 271 g/mol. The van der Waals surface area contributed by atoms with Crippen molar-refractivity contribution >= 4 is 0 Å². The van der Waals surface area contributed by atoms with Crippen molar-refractivity contribution in [3.05, 3.63) is 35.9 Å². The summed E-state index contributed by atoms with van der Waals surface area (Å²) < 4.78 is 0. The lowest BCUT2D eigenvalue weighted by molar-refractivity contribution is 0.128. The summed E-state index contributed by atoms with van der Waals surface area (Å²) >= 11 is 0. The Kier molecular flexibility index (Phi) is 4.16. The van der Waals surface area contributed by atoms with Gasteiger partial charge in [-0.15, -0.1) is 0 Å². The van der Waals surface area contributed by atoms with Crippen LogP contribution in [0.15, 0.2) is 30.3 Å². The van der Waals surface area contributed by atoms with Crippen molar-refractivity contribution in [2.75, 3.05) is 13.1 Å². The molecule has 0 aromatic heterocycles. The smallest absolute Gasteiger partial charge is 0.0233 e. The first-order chi connectivity index (χ1) is 9.67. The Hall–Kier alpha value is -0.820. The zero-order valence-corrected chi connectivity index (χ0v) is 13.1. The Morgan fingerprint density at radius 1 is 1.10 bits per heavy atom. The van der Waals surface area contributed by atoms with Crippen molar-refractivity contribution in [2.24, 2.45) is 17.3 Å². The minimum atomic E-state index is 0.667. The van der Waals surface area contributed by atoms with Crippen LogP contribution in [0.2, 0.25) is 0 Å². The second-order valence-corrected chi connectivity index (χ2v) is 7.53. The maximum absolute atomic E-state index is 2.69. The maximum atomic E-state index is 2.69. The van der Waals surface area contributed by atoms with Gasteiger partial charge in [0.1, 0.15) is 0 Å². The van der Waals surface area contributed by atoms with Gasteiger partial charge < -0.3 is 0 Å². The first-order valence-electron chi connectivity index (χ1n) is 8.43. The largest absolute Gasteiger partial charge is 0.299 e. The van der Waals surface area contributed by atoms with Crippen LogP contribution in [0.1, 0.15) is 51.5 Å². The Labute approximate surface area is 124 Å². The summed E-state index contributed by atoms with van der Waals surface area (Å²) in [5, 5.41) is 0. The molecule has 1 aliphatic heterocycles. The molecule has 0 radical (unpaired) electrons. The third kappa shape index (κ3) is 3.09. The van der Waals surface area contributed by atoms with Crippen molar-refractivity contribution in [1.82, 2.24) is 4.90 Å². The average molecular weight is 271 g/mol. The molecular weight excluding hydrogens is 242 g/mol. The highest BCUT2D eigenvalue weighted by Gasteiger charge is 2.41. The molecule has 1 saturated heterocycles. The quantitative estimate of drug-likeness (QED) is 0.768. The Morgan fingerprint density at radius 2 is 1.80 bits per heavy atom. The summed E-state index contributed by atoms with van der Waals surface area (Å²) in [5.41, 5.74) is 2.14. The van der Waals surface area contributed by atoms with E-state index in [0.29, 0.717) is 5.41 Å². The van der Waals surface area contributed by atoms with Crippen LogP contribution in [0.3, 0.4) is 0 Å². The molecule has 1 heteroatoms.